The largest absolute Gasteiger partial charge is 0.497 e. The molecule has 0 atom stereocenters. The Hall–Kier alpha value is -1.35. The van der Waals surface area contributed by atoms with Crippen molar-refractivity contribution in [3.63, 3.8) is 0 Å². The first kappa shape index (κ1) is 22.7. The van der Waals surface area contributed by atoms with E-state index in [-0.39, 0.29) is 24.0 Å². The first-order valence-corrected chi connectivity index (χ1v) is 9.59. The predicted molar refractivity (Wildman–Crippen MR) is 121 cm³/mol. The molecule has 26 heavy (non-hydrogen) atoms. The average Bonchev–Trinajstić information content (AvgIpc) is 3.09. The number of benzene rings is 1. The molecule has 2 N–H and O–H groups in total. The second-order valence-electron chi connectivity index (χ2n) is 6.05. The van der Waals surface area contributed by atoms with Crippen LogP contribution in [-0.4, -0.2) is 31.1 Å². The highest BCUT2D eigenvalue weighted by atomic mass is 127. The zero-order chi connectivity index (χ0) is 18.1. The number of nitrogens with one attached hydrogen (secondary N) is 2. The number of methoxy groups -OCH3 is 1. The Bertz CT molecular complexity index is 670. The van der Waals surface area contributed by atoms with Crippen molar-refractivity contribution < 1.29 is 4.74 Å². The van der Waals surface area contributed by atoms with Crippen LogP contribution >= 0.6 is 35.3 Å². The maximum Gasteiger partial charge on any atom is 0.191 e. The number of aromatic nitrogens is 1. The van der Waals surface area contributed by atoms with Crippen LogP contribution in [0.1, 0.15) is 43.0 Å². The molecule has 0 saturated heterocycles. The van der Waals surface area contributed by atoms with E-state index in [2.05, 4.69) is 58.9 Å². The summed E-state index contributed by atoms with van der Waals surface area (Å²) < 4.78 is 5.18. The van der Waals surface area contributed by atoms with Crippen molar-refractivity contribution in [3.8, 4) is 5.75 Å². The van der Waals surface area contributed by atoms with Crippen LogP contribution in [0.25, 0.3) is 0 Å². The van der Waals surface area contributed by atoms with Gasteiger partial charge in [-0.2, -0.15) is 0 Å². The number of thiazole rings is 1. The minimum Gasteiger partial charge on any atom is -0.497 e. The van der Waals surface area contributed by atoms with E-state index < -0.39 is 0 Å². The average molecular weight is 488 g/mol. The maximum absolute atomic E-state index is 5.18. The van der Waals surface area contributed by atoms with Gasteiger partial charge in [0.25, 0.3) is 0 Å². The molecule has 0 amide bonds. The molecule has 144 valence electrons. The topological polar surface area (TPSA) is 58.5 Å². The van der Waals surface area contributed by atoms with Crippen LogP contribution in [0.2, 0.25) is 0 Å². The molecular weight excluding hydrogens is 459 g/mol. The molecule has 0 radical (unpaired) electrons. The van der Waals surface area contributed by atoms with Gasteiger partial charge in [0.05, 0.1) is 24.4 Å². The fraction of sp³-hybridized carbons (Fsp3) is 0.474. The third kappa shape index (κ3) is 7.49. The molecule has 0 fully saturated rings. The van der Waals surface area contributed by atoms with Gasteiger partial charge < -0.3 is 15.4 Å². The van der Waals surface area contributed by atoms with Gasteiger partial charge in [-0.1, -0.05) is 26.0 Å². The molecule has 2 aromatic rings. The normalized spacial score (nSPS) is 11.2. The molecule has 0 unspecified atom stereocenters. The van der Waals surface area contributed by atoms with Gasteiger partial charge in [0, 0.05) is 24.4 Å². The van der Waals surface area contributed by atoms with Crippen molar-refractivity contribution in [1.29, 1.82) is 0 Å². The summed E-state index contributed by atoms with van der Waals surface area (Å²) in [6.07, 6.45) is 0.933. The molecule has 0 saturated carbocycles. The van der Waals surface area contributed by atoms with Crippen LogP contribution < -0.4 is 15.4 Å². The summed E-state index contributed by atoms with van der Waals surface area (Å²) in [6.45, 7) is 8.66. The fourth-order valence-electron chi connectivity index (χ4n) is 2.28. The standard InChI is InChI=1S/C19H28N4OS.HI/c1-5-20-19(22-12-16-13-25-18(23-16)14(2)3)21-11-10-15-6-8-17(24-4)9-7-15;/h6-9,13-14H,5,10-12H2,1-4H3,(H2,20,21,22);1H. The quantitative estimate of drug-likeness (QED) is 0.333. The fourth-order valence-corrected chi connectivity index (χ4v) is 3.11. The molecule has 0 bridgehead atoms. The van der Waals surface area contributed by atoms with Crippen molar-refractivity contribution >= 4 is 41.3 Å². The minimum atomic E-state index is 0. The highest BCUT2D eigenvalue weighted by Crippen LogP contribution is 2.19. The minimum absolute atomic E-state index is 0. The summed E-state index contributed by atoms with van der Waals surface area (Å²) in [6, 6.07) is 8.16. The Morgan fingerprint density at radius 2 is 1.96 bits per heavy atom. The smallest absolute Gasteiger partial charge is 0.191 e. The molecule has 1 aromatic heterocycles. The molecule has 1 heterocycles. The molecule has 0 spiro atoms. The number of ether oxygens (including phenoxy) is 1. The van der Waals surface area contributed by atoms with Gasteiger partial charge in [-0.3, -0.25) is 0 Å². The second-order valence-corrected chi connectivity index (χ2v) is 6.94. The molecule has 0 aliphatic carbocycles. The summed E-state index contributed by atoms with van der Waals surface area (Å²) in [7, 11) is 1.68. The summed E-state index contributed by atoms with van der Waals surface area (Å²) >= 11 is 1.71. The molecule has 0 aliphatic rings. The van der Waals surface area contributed by atoms with E-state index in [9.17, 15) is 0 Å². The number of hydrogen-bond acceptors (Lipinski definition) is 4. The number of rotatable bonds is 8. The Labute approximate surface area is 177 Å². The summed E-state index contributed by atoms with van der Waals surface area (Å²) in [4.78, 5) is 9.26. The van der Waals surface area contributed by atoms with Crippen molar-refractivity contribution in [2.45, 2.75) is 39.7 Å². The monoisotopic (exact) mass is 488 g/mol. The van der Waals surface area contributed by atoms with Crippen LogP contribution in [0, 0.1) is 0 Å². The maximum atomic E-state index is 5.18. The summed E-state index contributed by atoms with van der Waals surface area (Å²) in [5.41, 5.74) is 2.30. The van der Waals surface area contributed by atoms with Crippen LogP contribution in [-0.2, 0) is 13.0 Å². The Balaban J connectivity index is 0.00000338. The number of aliphatic imine (C=N–C) groups is 1. The highest BCUT2D eigenvalue weighted by Gasteiger charge is 2.06. The summed E-state index contributed by atoms with van der Waals surface area (Å²) in [5.74, 6) is 2.18. The van der Waals surface area contributed by atoms with E-state index in [0.29, 0.717) is 12.5 Å². The molecule has 2 rings (SSSR count). The van der Waals surface area contributed by atoms with E-state index in [1.54, 1.807) is 18.4 Å². The van der Waals surface area contributed by atoms with E-state index in [1.807, 2.05) is 12.1 Å². The van der Waals surface area contributed by atoms with Gasteiger partial charge in [-0.05, 0) is 31.0 Å². The Morgan fingerprint density at radius 3 is 2.54 bits per heavy atom. The number of guanidine groups is 1. The van der Waals surface area contributed by atoms with Gasteiger partial charge >= 0.3 is 0 Å². The third-order valence-electron chi connectivity index (χ3n) is 3.67. The van der Waals surface area contributed by atoms with Crippen LogP contribution in [0.5, 0.6) is 5.75 Å². The van der Waals surface area contributed by atoms with Crippen molar-refractivity contribution in [2.75, 3.05) is 20.2 Å². The van der Waals surface area contributed by atoms with Crippen LogP contribution in [0.4, 0.5) is 0 Å². The van der Waals surface area contributed by atoms with Crippen molar-refractivity contribution in [2.24, 2.45) is 4.99 Å². The van der Waals surface area contributed by atoms with Crippen molar-refractivity contribution in [1.82, 2.24) is 15.6 Å². The van der Waals surface area contributed by atoms with Crippen LogP contribution in [0.3, 0.4) is 0 Å². The van der Waals surface area contributed by atoms with Crippen LogP contribution in [0.15, 0.2) is 34.6 Å². The van der Waals surface area contributed by atoms with Crippen molar-refractivity contribution in [3.05, 3.63) is 45.9 Å². The lowest BCUT2D eigenvalue weighted by molar-refractivity contribution is 0.414. The van der Waals surface area contributed by atoms with E-state index >= 15 is 0 Å². The van der Waals surface area contributed by atoms with Gasteiger partial charge in [0.2, 0.25) is 0 Å². The first-order valence-electron chi connectivity index (χ1n) is 8.71. The zero-order valence-electron chi connectivity index (χ0n) is 15.9. The molecular formula is C19H29IN4OS. The number of halogens is 1. The van der Waals surface area contributed by atoms with E-state index in [0.717, 1.165) is 36.9 Å². The van der Waals surface area contributed by atoms with E-state index in [4.69, 9.17) is 4.74 Å². The molecule has 5 nitrogen and oxygen atoms in total. The molecule has 1 aromatic carbocycles. The van der Waals surface area contributed by atoms with Gasteiger partial charge in [-0.15, -0.1) is 35.3 Å². The molecule has 7 heteroatoms. The Kier molecular flexibility index (Phi) is 10.6. The molecule has 0 aliphatic heterocycles. The predicted octanol–water partition coefficient (Wildman–Crippen LogP) is 4.19. The lowest BCUT2D eigenvalue weighted by Crippen LogP contribution is -2.38. The lowest BCUT2D eigenvalue weighted by Gasteiger charge is -2.11. The first-order chi connectivity index (χ1) is 12.1. The number of hydrogen-bond donors (Lipinski definition) is 2. The van der Waals surface area contributed by atoms with Gasteiger partial charge in [0.15, 0.2) is 5.96 Å². The van der Waals surface area contributed by atoms with Gasteiger partial charge in [-0.25, -0.2) is 9.98 Å². The number of nitrogens with zero attached hydrogens (tertiary/aromatic N) is 2. The summed E-state index contributed by atoms with van der Waals surface area (Å²) in [5, 5.41) is 9.93. The highest BCUT2D eigenvalue weighted by molar-refractivity contribution is 14.0. The lowest BCUT2D eigenvalue weighted by atomic mass is 10.1. The third-order valence-corrected chi connectivity index (χ3v) is 4.87. The van der Waals surface area contributed by atoms with E-state index in [1.165, 1.54) is 10.6 Å². The second kappa shape index (κ2) is 12.1. The van der Waals surface area contributed by atoms with Gasteiger partial charge in [0.1, 0.15) is 5.75 Å². The SMILES string of the molecule is CCNC(=NCc1csc(C(C)C)n1)NCCc1ccc(OC)cc1.I. The Morgan fingerprint density at radius 1 is 1.23 bits per heavy atom. The zero-order valence-corrected chi connectivity index (χ0v) is 19.1.